The Hall–Kier alpha value is -3.76. The fraction of sp³-hybridized carbons (Fsp3) is 0.100. The number of aromatic nitrogens is 4. The number of para-hydroxylation sites is 1. The molecule has 0 spiro atoms. The summed E-state index contributed by atoms with van der Waals surface area (Å²) < 4.78 is 1.83. The Labute approximate surface area is 172 Å². The van der Waals surface area contributed by atoms with Gasteiger partial charge in [0.15, 0.2) is 0 Å². The zero-order valence-corrected chi connectivity index (χ0v) is 16.1. The van der Waals surface area contributed by atoms with Crippen molar-refractivity contribution in [1.82, 2.24) is 19.5 Å². The van der Waals surface area contributed by atoms with Gasteiger partial charge in [0.25, 0.3) is 5.91 Å². The number of primary amides is 1. The Bertz CT molecular complexity index is 1240. The molecule has 1 amide bonds. The number of anilines is 1. The number of nitrogens with two attached hydrogens (primary N) is 1. The van der Waals surface area contributed by atoms with Crippen molar-refractivity contribution < 1.29 is 14.8 Å². The van der Waals surface area contributed by atoms with Crippen LogP contribution in [0.2, 0.25) is 0 Å². The molecule has 0 bridgehead atoms. The van der Waals surface area contributed by atoms with Crippen LogP contribution < -0.4 is 16.5 Å². The van der Waals surface area contributed by atoms with Gasteiger partial charge in [-0.1, -0.05) is 42.5 Å². The lowest BCUT2D eigenvalue weighted by Crippen LogP contribution is -2.30. The summed E-state index contributed by atoms with van der Waals surface area (Å²) >= 11 is 0. The molecular weight excluding hydrogens is 383 g/mol. The SMILES string of the molecule is Cc1cc2ccccc2n1-c1nc(NCc2cccc(B(O)O)c2)nc(C(N)=O)n1. The van der Waals surface area contributed by atoms with E-state index in [0.717, 1.165) is 22.2 Å². The third kappa shape index (κ3) is 3.86. The van der Waals surface area contributed by atoms with E-state index < -0.39 is 13.0 Å². The quantitative estimate of drug-likeness (QED) is 0.345. The summed E-state index contributed by atoms with van der Waals surface area (Å²) in [6, 6.07) is 16.6. The van der Waals surface area contributed by atoms with Crippen LogP contribution in [0.25, 0.3) is 16.9 Å². The van der Waals surface area contributed by atoms with Gasteiger partial charge in [-0.15, -0.1) is 0 Å². The van der Waals surface area contributed by atoms with E-state index in [1.165, 1.54) is 0 Å². The first-order valence-corrected chi connectivity index (χ1v) is 9.24. The highest BCUT2D eigenvalue weighted by molar-refractivity contribution is 6.58. The van der Waals surface area contributed by atoms with Gasteiger partial charge in [0, 0.05) is 17.6 Å². The van der Waals surface area contributed by atoms with E-state index in [-0.39, 0.29) is 17.7 Å². The number of hydrogen-bond acceptors (Lipinski definition) is 7. The summed E-state index contributed by atoms with van der Waals surface area (Å²) in [6.07, 6.45) is 0. The number of fused-ring (bicyclic) bond motifs is 1. The molecule has 9 nitrogen and oxygen atoms in total. The number of aryl methyl sites for hydroxylation is 1. The summed E-state index contributed by atoms with van der Waals surface area (Å²) in [6.45, 7) is 2.22. The van der Waals surface area contributed by atoms with Crippen molar-refractivity contribution in [3.63, 3.8) is 0 Å². The second-order valence-corrected chi connectivity index (χ2v) is 6.80. The number of carbonyl (C=O) groups excluding carboxylic acids is 1. The number of hydrogen-bond donors (Lipinski definition) is 4. The lowest BCUT2D eigenvalue weighted by Gasteiger charge is -2.11. The number of carbonyl (C=O) groups is 1. The molecule has 0 radical (unpaired) electrons. The van der Waals surface area contributed by atoms with Crippen molar-refractivity contribution in [2.45, 2.75) is 13.5 Å². The summed E-state index contributed by atoms with van der Waals surface area (Å²) in [7, 11) is -1.56. The standard InChI is InChI=1S/C20H19BN6O3/c1-12-9-14-6-2-3-8-16(14)27(12)20-25-18(17(22)28)24-19(26-20)23-11-13-5-4-7-15(10-13)21(29)30/h2-10,29-30H,11H2,1H3,(H2,22,28)(H,23,24,25,26). The summed E-state index contributed by atoms with van der Waals surface area (Å²) in [5.41, 5.74) is 8.38. The van der Waals surface area contributed by atoms with Gasteiger partial charge in [-0.2, -0.15) is 15.0 Å². The van der Waals surface area contributed by atoms with E-state index >= 15 is 0 Å². The highest BCUT2D eigenvalue weighted by Crippen LogP contribution is 2.22. The molecule has 2 aromatic heterocycles. The van der Waals surface area contributed by atoms with Gasteiger partial charge in [0.1, 0.15) is 0 Å². The van der Waals surface area contributed by atoms with Crippen molar-refractivity contribution >= 4 is 35.3 Å². The zero-order chi connectivity index (χ0) is 21.3. The molecule has 0 aliphatic rings. The van der Waals surface area contributed by atoms with Crippen LogP contribution in [0, 0.1) is 6.92 Å². The van der Waals surface area contributed by atoms with Crippen molar-refractivity contribution in [2.24, 2.45) is 5.73 Å². The molecule has 0 unspecified atom stereocenters. The Balaban J connectivity index is 1.71. The maximum atomic E-state index is 11.8. The van der Waals surface area contributed by atoms with Gasteiger partial charge < -0.3 is 21.1 Å². The molecule has 0 saturated heterocycles. The third-order valence-electron chi connectivity index (χ3n) is 4.64. The average Bonchev–Trinajstić information content (AvgIpc) is 3.08. The molecule has 0 aliphatic heterocycles. The number of nitrogens with zero attached hydrogens (tertiary/aromatic N) is 4. The highest BCUT2D eigenvalue weighted by atomic mass is 16.4. The maximum absolute atomic E-state index is 11.8. The molecule has 2 heterocycles. The van der Waals surface area contributed by atoms with Gasteiger partial charge in [0.2, 0.25) is 17.7 Å². The average molecular weight is 402 g/mol. The van der Waals surface area contributed by atoms with Crippen LogP contribution in [-0.4, -0.2) is 42.6 Å². The van der Waals surface area contributed by atoms with Crippen molar-refractivity contribution in [3.8, 4) is 5.95 Å². The number of nitrogens with one attached hydrogen (secondary N) is 1. The molecular formula is C20H19BN6O3. The van der Waals surface area contributed by atoms with E-state index in [1.54, 1.807) is 18.2 Å². The zero-order valence-electron chi connectivity index (χ0n) is 16.1. The van der Waals surface area contributed by atoms with Gasteiger partial charge in [0.05, 0.1) is 5.52 Å². The first-order valence-electron chi connectivity index (χ1n) is 9.24. The Kier molecular flexibility index (Phi) is 5.17. The van der Waals surface area contributed by atoms with E-state index in [1.807, 2.05) is 47.9 Å². The molecule has 10 heteroatoms. The fourth-order valence-corrected chi connectivity index (χ4v) is 3.26. The van der Waals surface area contributed by atoms with Gasteiger partial charge >= 0.3 is 7.12 Å². The van der Waals surface area contributed by atoms with Gasteiger partial charge in [-0.05, 0) is 30.1 Å². The minimum Gasteiger partial charge on any atom is -0.423 e. The molecule has 2 aromatic carbocycles. The second-order valence-electron chi connectivity index (χ2n) is 6.80. The number of benzene rings is 2. The molecule has 4 aromatic rings. The highest BCUT2D eigenvalue weighted by Gasteiger charge is 2.16. The molecule has 5 N–H and O–H groups in total. The monoisotopic (exact) mass is 402 g/mol. The van der Waals surface area contributed by atoms with Crippen LogP contribution in [0.4, 0.5) is 5.95 Å². The number of amides is 1. The normalized spacial score (nSPS) is 10.9. The van der Waals surface area contributed by atoms with Crippen LogP contribution >= 0.6 is 0 Å². The number of rotatable bonds is 6. The molecule has 0 fully saturated rings. The molecule has 0 atom stereocenters. The predicted molar refractivity (Wildman–Crippen MR) is 114 cm³/mol. The largest absolute Gasteiger partial charge is 0.488 e. The lowest BCUT2D eigenvalue weighted by molar-refractivity contribution is 0.0990. The first kappa shape index (κ1) is 19.6. The van der Waals surface area contributed by atoms with Crippen molar-refractivity contribution in [2.75, 3.05) is 5.32 Å². The molecule has 30 heavy (non-hydrogen) atoms. The lowest BCUT2D eigenvalue weighted by atomic mass is 9.80. The third-order valence-corrected chi connectivity index (χ3v) is 4.64. The molecule has 4 rings (SSSR count). The smallest absolute Gasteiger partial charge is 0.423 e. The molecule has 150 valence electrons. The van der Waals surface area contributed by atoms with Gasteiger partial charge in [-0.25, -0.2) is 0 Å². The minimum absolute atomic E-state index is 0.154. The fourth-order valence-electron chi connectivity index (χ4n) is 3.26. The van der Waals surface area contributed by atoms with Crippen LogP contribution in [0.3, 0.4) is 0 Å². The maximum Gasteiger partial charge on any atom is 0.488 e. The van der Waals surface area contributed by atoms with Gasteiger partial charge in [-0.3, -0.25) is 9.36 Å². The van der Waals surface area contributed by atoms with E-state index in [0.29, 0.717) is 12.0 Å². The van der Waals surface area contributed by atoms with E-state index in [4.69, 9.17) is 5.73 Å². The van der Waals surface area contributed by atoms with Crippen molar-refractivity contribution in [3.05, 3.63) is 71.7 Å². The van der Waals surface area contributed by atoms with Crippen LogP contribution in [0.1, 0.15) is 21.9 Å². The Morgan fingerprint density at radius 2 is 1.90 bits per heavy atom. The van der Waals surface area contributed by atoms with Crippen LogP contribution in [-0.2, 0) is 6.54 Å². The Morgan fingerprint density at radius 1 is 1.10 bits per heavy atom. The van der Waals surface area contributed by atoms with Crippen LogP contribution in [0.15, 0.2) is 54.6 Å². The van der Waals surface area contributed by atoms with Crippen LogP contribution in [0.5, 0.6) is 0 Å². The first-order chi connectivity index (χ1) is 14.4. The second kappa shape index (κ2) is 7.93. The molecule has 0 saturated carbocycles. The van der Waals surface area contributed by atoms with Crippen molar-refractivity contribution in [1.29, 1.82) is 0 Å². The van der Waals surface area contributed by atoms with E-state index in [9.17, 15) is 14.8 Å². The Morgan fingerprint density at radius 3 is 2.67 bits per heavy atom. The summed E-state index contributed by atoms with van der Waals surface area (Å²) in [4.78, 5) is 24.6. The molecule has 0 aliphatic carbocycles. The minimum atomic E-state index is -1.56. The predicted octanol–water partition coefficient (Wildman–Crippen LogP) is 0.515. The van der Waals surface area contributed by atoms with E-state index in [2.05, 4.69) is 20.3 Å². The summed E-state index contributed by atoms with van der Waals surface area (Å²) in [5, 5.41) is 22.7. The topological polar surface area (TPSA) is 139 Å². The summed E-state index contributed by atoms with van der Waals surface area (Å²) in [5.74, 6) is -0.458.